The molecule has 0 radical (unpaired) electrons. The summed E-state index contributed by atoms with van der Waals surface area (Å²) in [5, 5.41) is 3.59. The first-order chi connectivity index (χ1) is 16.6. The van der Waals surface area contributed by atoms with E-state index in [4.69, 9.17) is 0 Å². The number of fused-ring (bicyclic) bond motifs is 2. The number of hydrogen-bond donors (Lipinski definition) is 2. The van der Waals surface area contributed by atoms with Crippen LogP contribution in [0.4, 0.5) is 24.5 Å². The molecule has 35 heavy (non-hydrogen) atoms. The van der Waals surface area contributed by atoms with Gasteiger partial charge < -0.3 is 5.32 Å². The smallest absolute Gasteiger partial charge is 0.321 e. The standard InChI is InChI=1S/C25H16F3N3O3S/c26-25(27,28)17-5-7-18(8-6-17)31-35(33,34)19-9-10-23-20(13-19)21(24(32)30-23)12-15-11-16-3-1-2-4-22(16)29-14-15/h1-14,31H,(H,30,32). The molecule has 6 nitrogen and oxygen atoms in total. The average molecular weight is 495 g/mol. The molecule has 2 N–H and O–H groups in total. The lowest BCUT2D eigenvalue weighted by Crippen LogP contribution is -2.13. The molecule has 0 fully saturated rings. The minimum Gasteiger partial charge on any atom is -0.321 e. The summed E-state index contributed by atoms with van der Waals surface area (Å²) in [6, 6.07) is 17.2. The van der Waals surface area contributed by atoms with E-state index in [9.17, 15) is 26.4 Å². The highest BCUT2D eigenvalue weighted by Gasteiger charge is 2.30. The van der Waals surface area contributed by atoms with Crippen molar-refractivity contribution in [3.05, 3.63) is 95.7 Å². The second-order valence-electron chi connectivity index (χ2n) is 7.86. The van der Waals surface area contributed by atoms with Crippen LogP contribution < -0.4 is 10.0 Å². The zero-order chi connectivity index (χ0) is 24.8. The number of carbonyl (C=O) groups excluding carboxylic acids is 1. The van der Waals surface area contributed by atoms with Gasteiger partial charge in [-0.05, 0) is 66.2 Å². The minimum atomic E-state index is -4.53. The maximum atomic E-state index is 12.9. The number of nitrogens with zero attached hydrogens (tertiary/aromatic N) is 1. The predicted molar refractivity (Wildman–Crippen MR) is 127 cm³/mol. The van der Waals surface area contributed by atoms with Crippen molar-refractivity contribution in [1.82, 2.24) is 4.98 Å². The monoisotopic (exact) mass is 495 g/mol. The number of pyridine rings is 1. The molecule has 1 amide bonds. The number of rotatable bonds is 4. The Bertz CT molecular complexity index is 1610. The number of aromatic nitrogens is 1. The number of anilines is 2. The predicted octanol–water partition coefficient (Wildman–Crippen LogP) is 5.55. The van der Waals surface area contributed by atoms with E-state index in [0.717, 1.165) is 35.2 Å². The van der Waals surface area contributed by atoms with Gasteiger partial charge in [0.1, 0.15) is 0 Å². The second kappa shape index (κ2) is 8.24. The molecule has 0 saturated heterocycles. The van der Waals surface area contributed by atoms with Crippen LogP contribution in [0.3, 0.4) is 0 Å². The molecular formula is C25H16F3N3O3S. The normalized spacial score (nSPS) is 14.7. The summed E-state index contributed by atoms with van der Waals surface area (Å²) in [4.78, 5) is 16.8. The summed E-state index contributed by atoms with van der Waals surface area (Å²) in [6.45, 7) is 0. The van der Waals surface area contributed by atoms with Crippen molar-refractivity contribution in [1.29, 1.82) is 0 Å². The summed E-state index contributed by atoms with van der Waals surface area (Å²) >= 11 is 0. The van der Waals surface area contributed by atoms with Crippen molar-refractivity contribution in [3.8, 4) is 0 Å². The highest BCUT2D eigenvalue weighted by molar-refractivity contribution is 7.92. The number of carbonyl (C=O) groups is 1. The van der Waals surface area contributed by atoms with E-state index in [1.165, 1.54) is 18.2 Å². The first-order valence-electron chi connectivity index (χ1n) is 10.3. The van der Waals surface area contributed by atoms with Gasteiger partial charge in [-0.2, -0.15) is 13.2 Å². The summed E-state index contributed by atoms with van der Waals surface area (Å²) < 4.78 is 66.4. The largest absolute Gasteiger partial charge is 0.416 e. The lowest BCUT2D eigenvalue weighted by molar-refractivity contribution is -0.137. The Balaban J connectivity index is 1.47. The van der Waals surface area contributed by atoms with E-state index in [2.05, 4.69) is 15.0 Å². The molecule has 176 valence electrons. The fourth-order valence-corrected chi connectivity index (χ4v) is 4.84. The van der Waals surface area contributed by atoms with Gasteiger partial charge in [-0.3, -0.25) is 14.5 Å². The summed E-state index contributed by atoms with van der Waals surface area (Å²) in [7, 11) is -4.14. The minimum absolute atomic E-state index is 0.0225. The van der Waals surface area contributed by atoms with E-state index in [-0.39, 0.29) is 16.2 Å². The molecule has 1 aliphatic rings. The molecule has 0 unspecified atom stereocenters. The highest BCUT2D eigenvalue weighted by atomic mass is 32.2. The van der Waals surface area contributed by atoms with Crippen molar-refractivity contribution in [2.45, 2.75) is 11.1 Å². The molecule has 0 bridgehead atoms. The Hall–Kier alpha value is -4.18. The van der Waals surface area contributed by atoms with Crippen LogP contribution in [0.2, 0.25) is 0 Å². The maximum absolute atomic E-state index is 12.9. The quantitative estimate of drug-likeness (QED) is 0.364. The Labute approximate surface area is 198 Å². The molecule has 0 aliphatic carbocycles. The van der Waals surface area contributed by atoms with E-state index < -0.39 is 27.7 Å². The third kappa shape index (κ3) is 4.47. The van der Waals surface area contributed by atoms with Crippen LogP contribution in [0.5, 0.6) is 0 Å². The Kier molecular flexibility index (Phi) is 5.32. The van der Waals surface area contributed by atoms with Crippen molar-refractivity contribution in [3.63, 3.8) is 0 Å². The molecule has 1 aliphatic heterocycles. The van der Waals surface area contributed by atoms with Crippen LogP contribution in [0, 0.1) is 0 Å². The maximum Gasteiger partial charge on any atom is 0.416 e. The number of sulfonamides is 1. The van der Waals surface area contributed by atoms with Crippen molar-refractivity contribution in [2.24, 2.45) is 0 Å². The van der Waals surface area contributed by atoms with Crippen molar-refractivity contribution in [2.75, 3.05) is 10.0 Å². The number of benzene rings is 3. The number of para-hydroxylation sites is 1. The van der Waals surface area contributed by atoms with Crippen LogP contribution in [0.25, 0.3) is 22.6 Å². The van der Waals surface area contributed by atoms with Gasteiger partial charge in [-0.1, -0.05) is 18.2 Å². The Morgan fingerprint density at radius 1 is 0.943 bits per heavy atom. The fourth-order valence-electron chi connectivity index (χ4n) is 3.75. The van der Waals surface area contributed by atoms with E-state index in [1.807, 2.05) is 30.3 Å². The molecule has 2 heterocycles. The van der Waals surface area contributed by atoms with Gasteiger partial charge in [-0.25, -0.2) is 8.42 Å². The second-order valence-corrected chi connectivity index (χ2v) is 9.54. The van der Waals surface area contributed by atoms with Crippen LogP contribution in [0.15, 0.2) is 83.9 Å². The van der Waals surface area contributed by atoms with Crippen LogP contribution >= 0.6 is 0 Å². The topological polar surface area (TPSA) is 88.2 Å². The van der Waals surface area contributed by atoms with Crippen LogP contribution in [-0.4, -0.2) is 19.3 Å². The lowest BCUT2D eigenvalue weighted by atomic mass is 10.0. The van der Waals surface area contributed by atoms with Gasteiger partial charge in [-0.15, -0.1) is 0 Å². The fraction of sp³-hybridized carbons (Fsp3) is 0.0400. The van der Waals surface area contributed by atoms with Crippen molar-refractivity contribution >= 4 is 49.9 Å². The number of halogens is 3. The van der Waals surface area contributed by atoms with Gasteiger partial charge in [0.05, 0.1) is 16.0 Å². The number of alkyl halides is 3. The SMILES string of the molecule is O=C1Nc2ccc(S(=O)(=O)Nc3ccc(C(F)(F)F)cc3)cc2C1=Cc1cnc2ccccc2c1. The zero-order valence-corrected chi connectivity index (χ0v) is 18.6. The third-order valence-electron chi connectivity index (χ3n) is 5.47. The first-order valence-corrected chi connectivity index (χ1v) is 11.8. The van der Waals surface area contributed by atoms with Crippen LogP contribution in [-0.2, 0) is 21.0 Å². The molecule has 3 aromatic carbocycles. The molecule has 0 atom stereocenters. The molecule has 0 spiro atoms. The summed E-state index contributed by atoms with van der Waals surface area (Å²) in [6.07, 6.45) is -1.28. The van der Waals surface area contributed by atoms with Gasteiger partial charge in [0.15, 0.2) is 0 Å². The third-order valence-corrected chi connectivity index (χ3v) is 6.85. The molecule has 0 saturated carbocycles. The van der Waals surface area contributed by atoms with Gasteiger partial charge in [0.25, 0.3) is 15.9 Å². The van der Waals surface area contributed by atoms with Gasteiger partial charge >= 0.3 is 6.18 Å². The Morgan fingerprint density at radius 2 is 1.69 bits per heavy atom. The van der Waals surface area contributed by atoms with Crippen molar-refractivity contribution < 1.29 is 26.4 Å². The van der Waals surface area contributed by atoms with Gasteiger partial charge in [0, 0.05) is 34.1 Å². The number of hydrogen-bond acceptors (Lipinski definition) is 4. The number of nitrogens with one attached hydrogen (secondary N) is 2. The lowest BCUT2D eigenvalue weighted by Gasteiger charge is -2.11. The molecule has 1 aromatic heterocycles. The first kappa shape index (κ1) is 22.6. The summed E-state index contributed by atoms with van der Waals surface area (Å²) in [5.41, 5.74) is 1.66. The zero-order valence-electron chi connectivity index (χ0n) is 17.8. The molecule has 5 rings (SSSR count). The van der Waals surface area contributed by atoms with E-state index in [1.54, 1.807) is 12.3 Å². The molecule has 4 aromatic rings. The van der Waals surface area contributed by atoms with E-state index >= 15 is 0 Å². The van der Waals surface area contributed by atoms with E-state index in [0.29, 0.717) is 16.8 Å². The van der Waals surface area contributed by atoms with Crippen LogP contribution in [0.1, 0.15) is 16.7 Å². The number of amides is 1. The summed E-state index contributed by atoms with van der Waals surface area (Å²) in [5.74, 6) is -0.390. The highest BCUT2D eigenvalue weighted by Crippen LogP contribution is 2.36. The van der Waals surface area contributed by atoms with Gasteiger partial charge in [0.2, 0.25) is 0 Å². The Morgan fingerprint density at radius 3 is 2.43 bits per heavy atom. The molecular weight excluding hydrogens is 479 g/mol. The molecule has 10 heteroatoms. The average Bonchev–Trinajstić information content (AvgIpc) is 3.13.